The Morgan fingerprint density at radius 3 is 2.69 bits per heavy atom. The highest BCUT2D eigenvalue weighted by atomic mass is 35.5. The van der Waals surface area contributed by atoms with Crippen molar-refractivity contribution in [1.29, 1.82) is 0 Å². The van der Waals surface area contributed by atoms with E-state index in [1.807, 2.05) is 0 Å². The van der Waals surface area contributed by atoms with Crippen LogP contribution in [0.25, 0.3) is 11.0 Å². The van der Waals surface area contributed by atoms with Crippen LogP contribution in [0.15, 0.2) is 73.4 Å². The van der Waals surface area contributed by atoms with Crippen molar-refractivity contribution in [2.75, 3.05) is 4.72 Å². The van der Waals surface area contributed by atoms with E-state index in [0.29, 0.717) is 21.6 Å². The van der Waals surface area contributed by atoms with E-state index in [2.05, 4.69) is 4.72 Å². The number of para-hydroxylation sites is 1. The van der Waals surface area contributed by atoms with Crippen LogP contribution >= 0.6 is 22.9 Å². The third-order valence-corrected chi connectivity index (χ3v) is 7.79. The second kappa shape index (κ2) is 8.78. The number of nitrogens with one attached hydrogen (secondary N) is 1. The Hall–Kier alpha value is -3.14. The number of ether oxygens (including phenoxy) is 1. The van der Waals surface area contributed by atoms with Crippen LogP contribution in [0, 0.1) is 6.92 Å². The van der Waals surface area contributed by atoms with Gasteiger partial charge in [-0.15, -0.1) is 11.3 Å². The molecule has 2 aromatic heterocycles. The fraction of sp³-hybridized carbons (Fsp3) is 0.0909. The van der Waals surface area contributed by atoms with Crippen molar-refractivity contribution < 1.29 is 22.4 Å². The molecule has 4 rings (SSSR count). The zero-order valence-electron chi connectivity index (χ0n) is 16.6. The molecule has 0 atom stereocenters. The Morgan fingerprint density at radius 1 is 1.16 bits per heavy atom. The fourth-order valence-corrected chi connectivity index (χ4v) is 5.29. The number of sulfonamides is 1. The molecule has 7 nitrogen and oxygen atoms in total. The summed E-state index contributed by atoms with van der Waals surface area (Å²) < 4.78 is 38.2. The first-order valence-corrected chi connectivity index (χ1v) is 12.0. The molecule has 32 heavy (non-hydrogen) atoms. The fourth-order valence-electron chi connectivity index (χ4n) is 3.05. The van der Waals surface area contributed by atoms with Crippen LogP contribution in [0.3, 0.4) is 0 Å². The molecule has 0 amide bonds. The van der Waals surface area contributed by atoms with Crippen LogP contribution in [-0.2, 0) is 21.4 Å². The van der Waals surface area contributed by atoms with Crippen molar-refractivity contribution in [2.45, 2.75) is 17.7 Å². The number of aryl methyl sites for hydroxylation is 1. The number of hydrogen-bond donors (Lipinski definition) is 1. The van der Waals surface area contributed by atoms with Gasteiger partial charge in [-0.2, -0.15) is 0 Å². The zero-order valence-corrected chi connectivity index (χ0v) is 19.0. The van der Waals surface area contributed by atoms with Gasteiger partial charge in [-0.3, -0.25) is 4.72 Å². The average Bonchev–Trinajstić information content (AvgIpc) is 3.29. The molecular weight excluding hydrogens is 474 g/mol. The first kappa shape index (κ1) is 22.1. The Balaban J connectivity index is 1.60. The molecule has 10 heteroatoms. The van der Waals surface area contributed by atoms with Gasteiger partial charge in [0.25, 0.3) is 10.0 Å². The Kier molecular flexibility index (Phi) is 6.05. The van der Waals surface area contributed by atoms with Crippen LogP contribution in [0.2, 0.25) is 5.02 Å². The SMILES string of the molecule is Cc1cc2oc(=O)cc(COC(=O)c3ccccc3NS(=O)(=O)c3cccs3)c2cc1Cl. The number of hydrogen-bond acceptors (Lipinski definition) is 7. The highest BCUT2D eigenvalue weighted by Gasteiger charge is 2.20. The maximum Gasteiger partial charge on any atom is 0.340 e. The van der Waals surface area contributed by atoms with Gasteiger partial charge in [0.2, 0.25) is 0 Å². The number of esters is 1. The maximum absolute atomic E-state index is 12.8. The molecule has 0 aliphatic carbocycles. The molecule has 2 aromatic carbocycles. The summed E-state index contributed by atoms with van der Waals surface area (Å²) in [4.78, 5) is 24.7. The van der Waals surface area contributed by atoms with Crippen molar-refractivity contribution in [3.8, 4) is 0 Å². The van der Waals surface area contributed by atoms with Crippen molar-refractivity contribution in [2.24, 2.45) is 0 Å². The summed E-state index contributed by atoms with van der Waals surface area (Å²) in [6.45, 7) is 1.55. The number of halogens is 1. The number of thiophene rings is 1. The van der Waals surface area contributed by atoms with Crippen LogP contribution in [0.4, 0.5) is 5.69 Å². The summed E-state index contributed by atoms with van der Waals surface area (Å²) in [7, 11) is -3.84. The van der Waals surface area contributed by atoms with Crippen LogP contribution in [0.5, 0.6) is 0 Å². The summed E-state index contributed by atoms with van der Waals surface area (Å²) in [6.07, 6.45) is 0. The number of benzene rings is 2. The first-order chi connectivity index (χ1) is 15.2. The van der Waals surface area contributed by atoms with Crippen LogP contribution in [-0.4, -0.2) is 14.4 Å². The van der Waals surface area contributed by atoms with Gasteiger partial charge in [0, 0.05) is 22.0 Å². The lowest BCUT2D eigenvalue weighted by Crippen LogP contribution is -2.16. The molecule has 2 heterocycles. The average molecular weight is 490 g/mol. The molecule has 0 saturated carbocycles. The van der Waals surface area contributed by atoms with Gasteiger partial charge in [0.1, 0.15) is 16.4 Å². The third-order valence-electron chi connectivity index (χ3n) is 4.62. The van der Waals surface area contributed by atoms with E-state index < -0.39 is 21.6 Å². The number of carbonyl (C=O) groups excluding carboxylic acids is 1. The summed E-state index contributed by atoms with van der Waals surface area (Å²) in [5, 5.41) is 2.66. The van der Waals surface area contributed by atoms with Gasteiger partial charge < -0.3 is 9.15 Å². The minimum absolute atomic E-state index is 0.0359. The summed E-state index contributed by atoms with van der Waals surface area (Å²) in [5.74, 6) is -0.755. The zero-order chi connectivity index (χ0) is 22.9. The van der Waals surface area contributed by atoms with Gasteiger partial charge in [-0.05, 0) is 48.2 Å². The third kappa shape index (κ3) is 4.55. The lowest BCUT2D eigenvalue weighted by atomic mass is 10.1. The smallest absolute Gasteiger partial charge is 0.340 e. The second-order valence-corrected chi connectivity index (χ2v) is 10.1. The normalized spacial score (nSPS) is 11.4. The molecule has 4 aromatic rings. The van der Waals surface area contributed by atoms with E-state index in [4.69, 9.17) is 20.8 Å². The lowest BCUT2D eigenvalue weighted by Gasteiger charge is -2.12. The number of anilines is 1. The molecule has 1 N–H and O–H groups in total. The quantitative estimate of drug-likeness (QED) is 0.303. The van der Waals surface area contributed by atoms with E-state index in [-0.39, 0.29) is 22.1 Å². The van der Waals surface area contributed by atoms with Gasteiger partial charge in [0.05, 0.1) is 11.3 Å². The van der Waals surface area contributed by atoms with Crippen LogP contribution in [0.1, 0.15) is 21.5 Å². The molecule has 0 radical (unpaired) electrons. The van der Waals surface area contributed by atoms with E-state index in [1.54, 1.807) is 42.6 Å². The number of fused-ring (bicyclic) bond motifs is 1. The molecule has 0 fully saturated rings. The van der Waals surface area contributed by atoms with Crippen LogP contribution < -0.4 is 10.3 Å². The van der Waals surface area contributed by atoms with Gasteiger partial charge in [-0.1, -0.05) is 29.8 Å². The number of carbonyl (C=O) groups is 1. The van der Waals surface area contributed by atoms with E-state index in [1.165, 1.54) is 24.3 Å². The molecule has 0 spiro atoms. The minimum atomic E-state index is -3.84. The van der Waals surface area contributed by atoms with E-state index >= 15 is 0 Å². The van der Waals surface area contributed by atoms with Gasteiger partial charge in [0.15, 0.2) is 0 Å². The summed E-state index contributed by atoms with van der Waals surface area (Å²) in [6, 6.07) is 13.7. The van der Waals surface area contributed by atoms with Crippen molar-refractivity contribution >= 4 is 55.6 Å². The van der Waals surface area contributed by atoms with Gasteiger partial charge >= 0.3 is 11.6 Å². The van der Waals surface area contributed by atoms with Crippen molar-refractivity contribution in [3.63, 3.8) is 0 Å². The summed E-state index contributed by atoms with van der Waals surface area (Å²) >= 11 is 7.25. The molecule has 164 valence electrons. The highest BCUT2D eigenvalue weighted by Crippen LogP contribution is 2.27. The molecular formula is C22H16ClNO6S2. The Labute approximate surface area is 192 Å². The Bertz CT molecular complexity index is 1480. The summed E-state index contributed by atoms with van der Waals surface area (Å²) in [5.41, 5.74) is 1.02. The predicted octanol–water partition coefficient (Wildman–Crippen LogP) is 4.97. The minimum Gasteiger partial charge on any atom is -0.457 e. The Morgan fingerprint density at radius 2 is 1.94 bits per heavy atom. The maximum atomic E-state index is 12.8. The molecule has 0 aliphatic heterocycles. The van der Waals surface area contributed by atoms with Crippen molar-refractivity contribution in [3.05, 3.63) is 92.1 Å². The second-order valence-electron chi connectivity index (χ2n) is 6.85. The molecule has 0 unspecified atom stereocenters. The standard InChI is InChI=1S/C22H16ClNO6S2/c1-13-9-19-16(11-17(13)23)14(10-20(25)30-19)12-29-22(26)15-5-2-3-6-18(15)24-32(27,28)21-7-4-8-31-21/h2-11,24H,12H2,1H3. The number of rotatable bonds is 6. The largest absolute Gasteiger partial charge is 0.457 e. The highest BCUT2D eigenvalue weighted by molar-refractivity contribution is 7.94. The monoisotopic (exact) mass is 489 g/mol. The predicted molar refractivity (Wildman–Crippen MR) is 123 cm³/mol. The molecule has 0 saturated heterocycles. The van der Waals surface area contributed by atoms with Gasteiger partial charge in [-0.25, -0.2) is 18.0 Å². The van der Waals surface area contributed by atoms with Crippen molar-refractivity contribution in [1.82, 2.24) is 0 Å². The van der Waals surface area contributed by atoms with E-state index in [0.717, 1.165) is 16.9 Å². The van der Waals surface area contributed by atoms with E-state index in [9.17, 15) is 18.0 Å². The topological polar surface area (TPSA) is 103 Å². The lowest BCUT2D eigenvalue weighted by molar-refractivity contribution is 0.0475. The molecule has 0 aliphatic rings. The molecule has 0 bridgehead atoms. The first-order valence-electron chi connectivity index (χ1n) is 9.30.